The number of hydrogen-bond donors (Lipinski definition) is 2. The van der Waals surface area contributed by atoms with Crippen LogP contribution in [-0.2, 0) is 0 Å². The molecule has 76 valence electrons. The molecule has 0 amide bonds. The zero-order valence-electron chi connectivity index (χ0n) is 7.83. The molecular formula is C11H9ClN2O. The fourth-order valence-corrected chi connectivity index (χ4v) is 1.53. The summed E-state index contributed by atoms with van der Waals surface area (Å²) in [5.41, 5.74) is 7.06. The smallest absolute Gasteiger partial charge is 0.196 e. The first-order valence-electron chi connectivity index (χ1n) is 4.41. The minimum absolute atomic E-state index is 0.128. The number of nitrogens with one attached hydrogen (secondary N) is 1. The average Bonchev–Trinajstić information content (AvgIpc) is 2.74. The summed E-state index contributed by atoms with van der Waals surface area (Å²) in [5.74, 6) is -0.128. The van der Waals surface area contributed by atoms with Gasteiger partial charge in [0.25, 0.3) is 0 Å². The molecule has 0 atom stereocenters. The van der Waals surface area contributed by atoms with Crippen LogP contribution >= 0.6 is 11.6 Å². The molecular weight excluding hydrogens is 212 g/mol. The lowest BCUT2D eigenvalue weighted by Gasteiger charge is -2.04. The molecule has 4 heteroatoms. The van der Waals surface area contributed by atoms with Crippen LogP contribution in [0.25, 0.3) is 0 Å². The quantitative estimate of drug-likeness (QED) is 0.604. The fourth-order valence-electron chi connectivity index (χ4n) is 1.36. The van der Waals surface area contributed by atoms with Crippen molar-refractivity contribution in [2.75, 3.05) is 5.73 Å². The van der Waals surface area contributed by atoms with Gasteiger partial charge >= 0.3 is 0 Å². The van der Waals surface area contributed by atoms with Crippen molar-refractivity contribution in [3.05, 3.63) is 52.8 Å². The van der Waals surface area contributed by atoms with E-state index in [4.69, 9.17) is 17.3 Å². The van der Waals surface area contributed by atoms with E-state index >= 15 is 0 Å². The van der Waals surface area contributed by atoms with E-state index in [2.05, 4.69) is 4.98 Å². The molecule has 0 aliphatic carbocycles. The summed E-state index contributed by atoms with van der Waals surface area (Å²) in [6.45, 7) is 0. The average molecular weight is 221 g/mol. The standard InChI is InChI=1S/C11H9ClN2O/c12-9-3-1-2-8(10(9)13)11(15)7-4-5-14-6-7/h1-6,14H,13H2. The number of benzene rings is 1. The maximum atomic E-state index is 11.9. The molecule has 3 N–H and O–H groups in total. The Hall–Kier alpha value is -1.74. The summed E-state index contributed by atoms with van der Waals surface area (Å²) in [5, 5.41) is 0.399. The molecule has 2 rings (SSSR count). The molecule has 1 aromatic carbocycles. The van der Waals surface area contributed by atoms with E-state index in [1.54, 1.807) is 36.7 Å². The van der Waals surface area contributed by atoms with Gasteiger partial charge in [0.2, 0.25) is 0 Å². The number of ketones is 1. The number of nitrogen functional groups attached to an aromatic ring is 1. The Labute approximate surface area is 91.9 Å². The lowest BCUT2D eigenvalue weighted by molar-refractivity contribution is 0.104. The van der Waals surface area contributed by atoms with Gasteiger partial charge in [0, 0.05) is 23.5 Å². The number of carbonyl (C=O) groups excluding carboxylic acids is 1. The van der Waals surface area contributed by atoms with Crippen molar-refractivity contribution in [2.45, 2.75) is 0 Å². The summed E-state index contributed by atoms with van der Waals surface area (Å²) in [7, 11) is 0. The normalized spacial score (nSPS) is 10.2. The molecule has 0 saturated carbocycles. The van der Waals surface area contributed by atoms with Crippen LogP contribution < -0.4 is 5.73 Å². The molecule has 15 heavy (non-hydrogen) atoms. The van der Waals surface area contributed by atoms with E-state index in [0.717, 1.165) is 0 Å². The van der Waals surface area contributed by atoms with Crippen LogP contribution in [0.5, 0.6) is 0 Å². The molecule has 0 aliphatic heterocycles. The third-order valence-electron chi connectivity index (χ3n) is 2.16. The van der Waals surface area contributed by atoms with Crippen molar-refractivity contribution in [1.82, 2.24) is 4.98 Å². The highest BCUT2D eigenvalue weighted by Gasteiger charge is 2.13. The molecule has 0 spiro atoms. The van der Waals surface area contributed by atoms with Crippen molar-refractivity contribution in [2.24, 2.45) is 0 Å². The molecule has 3 nitrogen and oxygen atoms in total. The van der Waals surface area contributed by atoms with Crippen LogP contribution in [-0.4, -0.2) is 10.8 Å². The molecule has 0 radical (unpaired) electrons. The van der Waals surface area contributed by atoms with Gasteiger partial charge in [-0.15, -0.1) is 0 Å². The van der Waals surface area contributed by atoms with E-state index in [1.807, 2.05) is 0 Å². The molecule has 0 fully saturated rings. The first-order valence-corrected chi connectivity index (χ1v) is 4.79. The lowest BCUT2D eigenvalue weighted by atomic mass is 10.0. The molecule has 0 saturated heterocycles. The van der Waals surface area contributed by atoms with Crippen LogP contribution in [0.15, 0.2) is 36.7 Å². The Morgan fingerprint density at radius 3 is 2.80 bits per heavy atom. The molecule has 0 aliphatic rings. The number of anilines is 1. The predicted octanol–water partition coefficient (Wildman–Crippen LogP) is 2.48. The zero-order chi connectivity index (χ0) is 10.8. The van der Waals surface area contributed by atoms with Crippen LogP contribution in [0.3, 0.4) is 0 Å². The second kappa shape index (κ2) is 3.79. The third-order valence-corrected chi connectivity index (χ3v) is 2.49. The lowest BCUT2D eigenvalue weighted by Crippen LogP contribution is -2.04. The Kier molecular flexibility index (Phi) is 2.47. The molecule has 1 heterocycles. The van der Waals surface area contributed by atoms with E-state index in [-0.39, 0.29) is 5.78 Å². The topological polar surface area (TPSA) is 58.9 Å². The van der Waals surface area contributed by atoms with Gasteiger partial charge in [0.15, 0.2) is 5.78 Å². The predicted molar refractivity (Wildman–Crippen MR) is 60.1 cm³/mol. The first kappa shape index (κ1) is 9.80. The third kappa shape index (κ3) is 1.74. The van der Waals surface area contributed by atoms with E-state index in [0.29, 0.717) is 21.8 Å². The van der Waals surface area contributed by atoms with Gasteiger partial charge in [-0.3, -0.25) is 4.79 Å². The van der Waals surface area contributed by atoms with Gasteiger partial charge in [0.1, 0.15) is 0 Å². The number of carbonyl (C=O) groups is 1. The van der Waals surface area contributed by atoms with Crippen molar-refractivity contribution in [3.63, 3.8) is 0 Å². The number of hydrogen-bond acceptors (Lipinski definition) is 2. The van der Waals surface area contributed by atoms with Gasteiger partial charge in [-0.05, 0) is 18.2 Å². The monoisotopic (exact) mass is 220 g/mol. The molecule has 0 unspecified atom stereocenters. The highest BCUT2D eigenvalue weighted by Crippen LogP contribution is 2.24. The van der Waals surface area contributed by atoms with Crippen LogP contribution in [0.2, 0.25) is 5.02 Å². The first-order chi connectivity index (χ1) is 7.20. The number of H-pyrrole nitrogens is 1. The number of halogens is 1. The summed E-state index contributed by atoms with van der Waals surface area (Å²) < 4.78 is 0. The number of nitrogens with two attached hydrogens (primary N) is 1. The minimum Gasteiger partial charge on any atom is -0.397 e. The highest BCUT2D eigenvalue weighted by molar-refractivity contribution is 6.34. The van der Waals surface area contributed by atoms with Crippen LogP contribution in [0.4, 0.5) is 5.69 Å². The fraction of sp³-hybridized carbons (Fsp3) is 0. The van der Waals surface area contributed by atoms with Gasteiger partial charge < -0.3 is 10.7 Å². The SMILES string of the molecule is Nc1c(Cl)cccc1C(=O)c1cc[nH]c1. The molecule has 1 aromatic heterocycles. The Morgan fingerprint density at radius 1 is 1.33 bits per heavy atom. The highest BCUT2D eigenvalue weighted by atomic mass is 35.5. The van der Waals surface area contributed by atoms with Crippen molar-refractivity contribution < 1.29 is 4.79 Å². The van der Waals surface area contributed by atoms with Gasteiger partial charge in [0.05, 0.1) is 10.7 Å². The Bertz CT molecular complexity index is 491. The van der Waals surface area contributed by atoms with Gasteiger partial charge in [-0.2, -0.15) is 0 Å². The Morgan fingerprint density at radius 2 is 2.13 bits per heavy atom. The number of aromatic amines is 1. The maximum absolute atomic E-state index is 11.9. The molecule has 0 bridgehead atoms. The largest absolute Gasteiger partial charge is 0.397 e. The van der Waals surface area contributed by atoms with Crippen molar-refractivity contribution >= 4 is 23.1 Å². The van der Waals surface area contributed by atoms with E-state index < -0.39 is 0 Å². The zero-order valence-corrected chi connectivity index (χ0v) is 8.58. The second-order valence-corrected chi connectivity index (χ2v) is 3.54. The minimum atomic E-state index is -0.128. The summed E-state index contributed by atoms with van der Waals surface area (Å²) in [4.78, 5) is 14.7. The maximum Gasteiger partial charge on any atom is 0.196 e. The van der Waals surface area contributed by atoms with E-state index in [9.17, 15) is 4.79 Å². The summed E-state index contributed by atoms with van der Waals surface area (Å²) >= 11 is 5.83. The van der Waals surface area contributed by atoms with Crippen molar-refractivity contribution in [1.29, 1.82) is 0 Å². The van der Waals surface area contributed by atoms with Crippen LogP contribution in [0.1, 0.15) is 15.9 Å². The summed E-state index contributed by atoms with van der Waals surface area (Å²) in [6.07, 6.45) is 3.32. The second-order valence-electron chi connectivity index (χ2n) is 3.13. The van der Waals surface area contributed by atoms with E-state index in [1.165, 1.54) is 0 Å². The van der Waals surface area contributed by atoms with Crippen molar-refractivity contribution in [3.8, 4) is 0 Å². The molecule has 2 aromatic rings. The summed E-state index contributed by atoms with van der Waals surface area (Å²) in [6, 6.07) is 6.72. The number of para-hydroxylation sites is 1. The van der Waals surface area contributed by atoms with Gasteiger partial charge in [-0.25, -0.2) is 0 Å². The Balaban J connectivity index is 2.47. The number of aromatic nitrogens is 1. The number of rotatable bonds is 2. The van der Waals surface area contributed by atoms with Crippen LogP contribution in [0, 0.1) is 0 Å². The van der Waals surface area contributed by atoms with Gasteiger partial charge in [-0.1, -0.05) is 17.7 Å².